The lowest BCUT2D eigenvalue weighted by molar-refractivity contribution is -0.137. The zero-order valence-electron chi connectivity index (χ0n) is 14.6. The predicted molar refractivity (Wildman–Crippen MR) is 94.9 cm³/mol. The molecule has 25 heavy (non-hydrogen) atoms. The number of para-hydroxylation sites is 2. The maximum atomic E-state index is 13.5. The van der Waals surface area contributed by atoms with E-state index in [2.05, 4.69) is 4.98 Å². The van der Waals surface area contributed by atoms with Crippen LogP contribution in [0.4, 0.5) is 18.9 Å². The van der Waals surface area contributed by atoms with Crippen LogP contribution in [0.15, 0.2) is 42.5 Å². The van der Waals surface area contributed by atoms with Crippen molar-refractivity contribution in [2.75, 3.05) is 19.0 Å². The number of alkyl halides is 3. The van der Waals surface area contributed by atoms with Crippen molar-refractivity contribution in [3.63, 3.8) is 0 Å². The zero-order valence-corrected chi connectivity index (χ0v) is 14.6. The maximum absolute atomic E-state index is 13.5. The van der Waals surface area contributed by atoms with Gasteiger partial charge in [0.2, 0.25) is 0 Å². The third kappa shape index (κ3) is 3.08. The van der Waals surface area contributed by atoms with E-state index in [-0.39, 0.29) is 11.7 Å². The van der Waals surface area contributed by atoms with Crippen molar-refractivity contribution in [1.82, 2.24) is 9.55 Å². The van der Waals surface area contributed by atoms with Gasteiger partial charge in [-0.25, -0.2) is 4.98 Å². The van der Waals surface area contributed by atoms with Crippen molar-refractivity contribution >= 4 is 16.7 Å². The van der Waals surface area contributed by atoms with Crippen molar-refractivity contribution in [2.45, 2.75) is 26.1 Å². The molecule has 0 saturated carbocycles. The van der Waals surface area contributed by atoms with Crippen molar-refractivity contribution in [3.8, 4) is 11.4 Å². The van der Waals surface area contributed by atoms with Crippen LogP contribution in [0.5, 0.6) is 0 Å². The Morgan fingerprint density at radius 1 is 1.04 bits per heavy atom. The third-order valence-corrected chi connectivity index (χ3v) is 4.15. The number of hydrogen-bond donors (Lipinski definition) is 0. The summed E-state index contributed by atoms with van der Waals surface area (Å²) in [7, 11) is 3.21. The van der Waals surface area contributed by atoms with Gasteiger partial charge in [0.1, 0.15) is 5.82 Å². The number of imidazole rings is 1. The Bertz CT molecular complexity index is 908. The van der Waals surface area contributed by atoms with E-state index in [1.807, 2.05) is 42.7 Å². The van der Waals surface area contributed by atoms with Gasteiger partial charge >= 0.3 is 6.18 Å². The van der Waals surface area contributed by atoms with E-state index in [9.17, 15) is 13.2 Å². The highest BCUT2D eigenvalue weighted by atomic mass is 19.4. The summed E-state index contributed by atoms with van der Waals surface area (Å²) in [6, 6.07) is 12.1. The maximum Gasteiger partial charge on any atom is 0.418 e. The summed E-state index contributed by atoms with van der Waals surface area (Å²) < 4.78 is 42.5. The minimum Gasteiger partial charge on any atom is -0.377 e. The number of hydrogen-bond acceptors (Lipinski definition) is 2. The van der Waals surface area contributed by atoms with Gasteiger partial charge in [-0.15, -0.1) is 0 Å². The van der Waals surface area contributed by atoms with Crippen molar-refractivity contribution in [3.05, 3.63) is 48.0 Å². The van der Waals surface area contributed by atoms with Gasteiger partial charge in [0.25, 0.3) is 0 Å². The summed E-state index contributed by atoms with van der Waals surface area (Å²) in [6.45, 7) is 3.99. The van der Waals surface area contributed by atoms with Gasteiger partial charge in [0, 0.05) is 31.4 Å². The van der Waals surface area contributed by atoms with Gasteiger partial charge in [-0.05, 0) is 44.2 Å². The fourth-order valence-electron chi connectivity index (χ4n) is 3.06. The lowest BCUT2D eigenvalue weighted by Gasteiger charge is -2.21. The lowest BCUT2D eigenvalue weighted by Crippen LogP contribution is -2.16. The van der Waals surface area contributed by atoms with Crippen LogP contribution in [-0.4, -0.2) is 23.6 Å². The Hall–Kier alpha value is -2.50. The summed E-state index contributed by atoms with van der Waals surface area (Å²) in [5, 5.41) is 0. The van der Waals surface area contributed by atoms with Gasteiger partial charge in [-0.3, -0.25) is 0 Å². The molecule has 0 amide bonds. The second-order valence-electron chi connectivity index (χ2n) is 6.51. The van der Waals surface area contributed by atoms with Crippen LogP contribution >= 0.6 is 0 Å². The first-order chi connectivity index (χ1) is 11.7. The molecule has 0 N–H and O–H groups in total. The number of nitrogens with zero attached hydrogens (tertiary/aromatic N) is 3. The molecule has 0 fully saturated rings. The molecule has 0 radical (unpaired) electrons. The van der Waals surface area contributed by atoms with Crippen molar-refractivity contribution < 1.29 is 13.2 Å². The Morgan fingerprint density at radius 2 is 1.72 bits per heavy atom. The molecule has 0 aliphatic carbocycles. The molecule has 0 unspecified atom stereocenters. The minimum absolute atomic E-state index is 0.0743. The van der Waals surface area contributed by atoms with Crippen molar-refractivity contribution in [1.29, 1.82) is 0 Å². The topological polar surface area (TPSA) is 21.1 Å². The van der Waals surface area contributed by atoms with E-state index in [1.54, 1.807) is 20.2 Å². The Balaban J connectivity index is 2.27. The van der Waals surface area contributed by atoms with Gasteiger partial charge in [0.15, 0.2) is 0 Å². The molecule has 0 spiro atoms. The standard InChI is InChI=1S/C19H20F3N3/c1-12(2)25-17-8-6-5-7-15(17)23-18(25)13-9-10-16(24(3)4)14(11-13)19(20,21)22/h5-12H,1-4H3. The first-order valence-electron chi connectivity index (χ1n) is 8.06. The van der Waals surface area contributed by atoms with Gasteiger partial charge in [-0.1, -0.05) is 12.1 Å². The molecular weight excluding hydrogens is 327 g/mol. The summed E-state index contributed by atoms with van der Waals surface area (Å²) >= 11 is 0. The van der Waals surface area contributed by atoms with Gasteiger partial charge < -0.3 is 9.47 Å². The lowest BCUT2D eigenvalue weighted by atomic mass is 10.1. The first-order valence-corrected chi connectivity index (χ1v) is 8.06. The molecule has 6 heteroatoms. The Morgan fingerprint density at radius 3 is 2.32 bits per heavy atom. The van der Waals surface area contributed by atoms with Crippen LogP contribution in [0.3, 0.4) is 0 Å². The van der Waals surface area contributed by atoms with Crippen LogP contribution in [0, 0.1) is 0 Å². The fraction of sp³-hybridized carbons (Fsp3) is 0.316. The average Bonchev–Trinajstić information content (AvgIpc) is 2.93. The Labute approximate surface area is 144 Å². The highest BCUT2D eigenvalue weighted by molar-refractivity contribution is 5.81. The molecule has 3 rings (SSSR count). The smallest absolute Gasteiger partial charge is 0.377 e. The number of anilines is 1. The number of rotatable bonds is 3. The molecule has 132 valence electrons. The van der Waals surface area contributed by atoms with Gasteiger partial charge in [0.05, 0.1) is 16.6 Å². The summed E-state index contributed by atoms with van der Waals surface area (Å²) in [4.78, 5) is 6.05. The number of halogens is 3. The first kappa shape index (κ1) is 17.3. The number of fused-ring (bicyclic) bond motifs is 1. The van der Waals surface area contributed by atoms with Crippen molar-refractivity contribution in [2.24, 2.45) is 0 Å². The third-order valence-electron chi connectivity index (χ3n) is 4.15. The molecule has 0 saturated heterocycles. The predicted octanol–water partition coefficient (Wildman–Crippen LogP) is 5.37. The second kappa shape index (κ2) is 6.10. The monoisotopic (exact) mass is 347 g/mol. The fourth-order valence-corrected chi connectivity index (χ4v) is 3.06. The summed E-state index contributed by atoms with van der Waals surface area (Å²) in [6.07, 6.45) is -4.43. The highest BCUT2D eigenvalue weighted by Gasteiger charge is 2.34. The van der Waals surface area contributed by atoms with E-state index in [0.717, 1.165) is 11.0 Å². The molecule has 0 aliphatic rings. The highest BCUT2D eigenvalue weighted by Crippen LogP contribution is 2.39. The molecule has 0 aliphatic heterocycles. The van der Waals surface area contributed by atoms with Crippen LogP contribution in [0.25, 0.3) is 22.4 Å². The largest absolute Gasteiger partial charge is 0.418 e. The quantitative estimate of drug-likeness (QED) is 0.635. The molecule has 3 aromatic rings. The van der Waals surface area contributed by atoms with Crippen LogP contribution < -0.4 is 4.90 Å². The second-order valence-corrected chi connectivity index (χ2v) is 6.51. The summed E-state index contributed by atoms with van der Waals surface area (Å²) in [5.74, 6) is 0.548. The normalized spacial score (nSPS) is 12.2. The molecule has 0 bridgehead atoms. The van der Waals surface area contributed by atoms with E-state index in [0.29, 0.717) is 11.4 Å². The number of aromatic nitrogens is 2. The van der Waals surface area contributed by atoms with E-state index in [1.165, 1.54) is 17.0 Å². The van der Waals surface area contributed by atoms with Crippen LogP contribution in [0.2, 0.25) is 0 Å². The molecule has 0 atom stereocenters. The summed E-state index contributed by atoms with van der Waals surface area (Å²) in [5.41, 5.74) is 1.64. The molecular formula is C19H20F3N3. The van der Waals surface area contributed by atoms with E-state index in [4.69, 9.17) is 0 Å². The minimum atomic E-state index is -4.43. The Kier molecular flexibility index (Phi) is 4.22. The van der Waals surface area contributed by atoms with E-state index < -0.39 is 11.7 Å². The molecule has 1 aromatic heterocycles. The SMILES string of the molecule is CC(C)n1c(-c2ccc(N(C)C)c(C(F)(F)F)c2)nc2ccccc21. The van der Waals surface area contributed by atoms with Crippen LogP contribution in [0.1, 0.15) is 25.5 Å². The zero-order chi connectivity index (χ0) is 18.4. The number of benzene rings is 2. The van der Waals surface area contributed by atoms with E-state index >= 15 is 0 Å². The molecule has 2 aromatic carbocycles. The molecule has 1 heterocycles. The van der Waals surface area contributed by atoms with Gasteiger partial charge in [-0.2, -0.15) is 13.2 Å². The average molecular weight is 347 g/mol. The molecule has 3 nitrogen and oxygen atoms in total. The van der Waals surface area contributed by atoms with Crippen LogP contribution in [-0.2, 0) is 6.18 Å².